The molecular weight excluding hydrogens is 382 g/mol. The number of hydrogen-bond donors (Lipinski definition) is 2. The van der Waals surface area contributed by atoms with Crippen molar-refractivity contribution in [2.45, 2.75) is 57.3 Å². The second kappa shape index (κ2) is 10.7. The first-order valence-corrected chi connectivity index (χ1v) is 10.6. The average Bonchev–Trinajstić information content (AvgIpc) is 2.75. The highest BCUT2D eigenvalue weighted by atomic mass is 32.1. The highest BCUT2D eigenvalue weighted by Gasteiger charge is 2.26. The van der Waals surface area contributed by atoms with E-state index in [1.165, 1.54) is 0 Å². The lowest BCUT2D eigenvalue weighted by molar-refractivity contribution is 0.0314. The number of aromatic nitrogens is 1. The molecule has 0 aliphatic heterocycles. The van der Waals surface area contributed by atoms with Crippen LogP contribution in [0.1, 0.15) is 45.3 Å². The van der Waals surface area contributed by atoms with Crippen molar-refractivity contribution in [3.8, 4) is 0 Å². The Balaban J connectivity index is 0.00000320. The van der Waals surface area contributed by atoms with Crippen molar-refractivity contribution < 1.29 is 5.61 Å². The molecule has 0 bridgehead atoms. The molecule has 6 nitrogen and oxygen atoms in total. The van der Waals surface area contributed by atoms with Crippen LogP contribution in [0.5, 0.6) is 0 Å². The number of anilines is 1. The van der Waals surface area contributed by atoms with Crippen LogP contribution in [-0.4, -0.2) is 42.3 Å². The van der Waals surface area contributed by atoms with Crippen LogP contribution < -0.4 is 5.32 Å². The largest absolute Gasteiger partial charge is 0.367 e. The third-order valence-corrected chi connectivity index (χ3v) is 6.03. The molecule has 29 heavy (non-hydrogen) atoms. The Bertz CT molecular complexity index is 814. The van der Waals surface area contributed by atoms with E-state index in [0.717, 1.165) is 54.9 Å². The lowest BCUT2D eigenvalue weighted by atomic mass is 9.90. The van der Waals surface area contributed by atoms with Crippen molar-refractivity contribution in [1.29, 1.82) is 0 Å². The zero-order valence-corrected chi connectivity index (χ0v) is 18.3. The summed E-state index contributed by atoms with van der Waals surface area (Å²) in [7, 11) is 3.80. The van der Waals surface area contributed by atoms with Crippen LogP contribution in [0.15, 0.2) is 52.7 Å². The molecule has 1 unspecified atom stereocenters. The number of pyridine rings is 1. The molecular formula is C22H33N5OS. The second-order valence-corrected chi connectivity index (χ2v) is 7.85. The third-order valence-electron chi connectivity index (χ3n) is 5.73. The Labute approximate surface area is 180 Å². The van der Waals surface area contributed by atoms with Crippen molar-refractivity contribution >= 4 is 24.4 Å². The maximum absolute atomic E-state index is 5.16. The van der Waals surface area contributed by atoms with Crippen LogP contribution in [0.25, 0.3) is 0 Å². The van der Waals surface area contributed by atoms with Gasteiger partial charge in [-0.3, -0.25) is 9.08 Å². The number of thiol groups is 1. The van der Waals surface area contributed by atoms with Gasteiger partial charge in [0.05, 0.1) is 5.69 Å². The van der Waals surface area contributed by atoms with Gasteiger partial charge in [-0.2, -0.15) is 10.2 Å². The zero-order valence-electron chi connectivity index (χ0n) is 17.5. The molecule has 1 aromatic heterocycles. The molecule has 0 amide bonds. The molecule has 1 aliphatic rings. The predicted molar refractivity (Wildman–Crippen MR) is 123 cm³/mol. The Morgan fingerprint density at radius 2 is 1.97 bits per heavy atom. The van der Waals surface area contributed by atoms with E-state index in [0.29, 0.717) is 12.1 Å². The van der Waals surface area contributed by atoms with Gasteiger partial charge < -0.3 is 5.32 Å². The number of rotatable bonds is 8. The monoisotopic (exact) mass is 415 g/mol. The molecule has 2 aromatic rings. The van der Waals surface area contributed by atoms with E-state index >= 15 is 0 Å². The van der Waals surface area contributed by atoms with Crippen LogP contribution >= 0.6 is 12.9 Å². The summed E-state index contributed by atoms with van der Waals surface area (Å²) < 4.78 is 5.16. The van der Waals surface area contributed by atoms with Gasteiger partial charge in [-0.1, -0.05) is 24.3 Å². The van der Waals surface area contributed by atoms with Crippen molar-refractivity contribution in [1.82, 2.24) is 9.88 Å². The standard InChI is InChI=1S/C22H31N5OS.H2/c1-16(28-29)27(3)20-13-11-18(12-14-20)24-22-10-6-8-19(25-22)15-17-7-4-5-9-21(17)26-23-2;/h4-10,16,18,20,29H,11-15H2,1-3H3,(H,24,25);1H. The zero-order chi connectivity index (χ0) is 20.6. The quantitative estimate of drug-likeness (QED) is 0.259. The number of nitrogens with one attached hydrogen (secondary N) is 1. The molecule has 7 heteroatoms. The van der Waals surface area contributed by atoms with E-state index in [1.54, 1.807) is 7.05 Å². The van der Waals surface area contributed by atoms with Gasteiger partial charge in [0.25, 0.3) is 0 Å². The lowest BCUT2D eigenvalue weighted by Gasteiger charge is -2.37. The summed E-state index contributed by atoms with van der Waals surface area (Å²) in [4.78, 5) is 7.11. The van der Waals surface area contributed by atoms with Crippen LogP contribution in [0.2, 0.25) is 0 Å². The molecule has 1 aliphatic carbocycles. The summed E-state index contributed by atoms with van der Waals surface area (Å²) in [5, 5.41) is 11.8. The van der Waals surface area contributed by atoms with Crippen molar-refractivity contribution in [2.75, 3.05) is 19.4 Å². The van der Waals surface area contributed by atoms with Crippen molar-refractivity contribution in [3.63, 3.8) is 0 Å². The normalized spacial score (nSPS) is 20.9. The first-order chi connectivity index (χ1) is 14.1. The van der Waals surface area contributed by atoms with Crippen molar-refractivity contribution in [2.24, 2.45) is 10.2 Å². The van der Waals surface area contributed by atoms with E-state index in [-0.39, 0.29) is 7.65 Å². The number of nitrogens with zero attached hydrogens (tertiary/aromatic N) is 4. The summed E-state index contributed by atoms with van der Waals surface area (Å²) >= 11 is 3.95. The Kier molecular flexibility index (Phi) is 8.03. The van der Waals surface area contributed by atoms with Gasteiger partial charge in [0, 0.05) is 32.7 Å². The second-order valence-electron chi connectivity index (χ2n) is 7.64. The van der Waals surface area contributed by atoms with E-state index < -0.39 is 0 Å². The maximum atomic E-state index is 5.16. The molecule has 0 radical (unpaired) electrons. The predicted octanol–water partition coefficient (Wildman–Crippen LogP) is 5.49. The Morgan fingerprint density at radius 3 is 2.69 bits per heavy atom. The lowest BCUT2D eigenvalue weighted by Crippen LogP contribution is -2.42. The minimum atomic E-state index is 0. The van der Waals surface area contributed by atoms with Crippen LogP contribution in [0.3, 0.4) is 0 Å². The topological polar surface area (TPSA) is 62.1 Å². The van der Waals surface area contributed by atoms with E-state index in [2.05, 4.69) is 64.7 Å². The van der Waals surface area contributed by atoms with Gasteiger partial charge in [0.1, 0.15) is 12.0 Å². The SMILES string of the molecule is CN=Nc1ccccc1Cc1cccc(NC2CCC(N(C)C(C)OS)CC2)n1.[HH]. The summed E-state index contributed by atoms with van der Waals surface area (Å²) in [5.74, 6) is 0.945. The van der Waals surface area contributed by atoms with Gasteiger partial charge in [-0.15, -0.1) is 0 Å². The molecule has 0 spiro atoms. The number of benzene rings is 1. The van der Waals surface area contributed by atoms with Crippen LogP contribution in [0, 0.1) is 0 Å². The molecule has 1 saturated carbocycles. The van der Waals surface area contributed by atoms with Crippen molar-refractivity contribution in [3.05, 3.63) is 53.7 Å². The average molecular weight is 416 g/mol. The van der Waals surface area contributed by atoms with Gasteiger partial charge in [-0.25, -0.2) is 4.98 Å². The molecule has 1 fully saturated rings. The van der Waals surface area contributed by atoms with Crippen LogP contribution in [-0.2, 0) is 10.6 Å². The van der Waals surface area contributed by atoms with E-state index in [9.17, 15) is 0 Å². The molecule has 1 atom stereocenters. The summed E-state index contributed by atoms with van der Waals surface area (Å²) in [6.45, 7) is 2.03. The minimum Gasteiger partial charge on any atom is -0.367 e. The highest BCUT2D eigenvalue weighted by molar-refractivity contribution is 7.75. The number of hydrogen-bond acceptors (Lipinski definition) is 7. The maximum Gasteiger partial charge on any atom is 0.126 e. The molecule has 0 saturated heterocycles. The summed E-state index contributed by atoms with van der Waals surface area (Å²) in [5.41, 5.74) is 3.06. The van der Waals surface area contributed by atoms with Gasteiger partial charge in [0.2, 0.25) is 0 Å². The Morgan fingerprint density at radius 1 is 1.21 bits per heavy atom. The molecule has 158 valence electrons. The highest BCUT2D eigenvalue weighted by Crippen LogP contribution is 2.27. The fraction of sp³-hybridized carbons (Fsp3) is 0.500. The molecule has 1 heterocycles. The summed E-state index contributed by atoms with van der Waals surface area (Å²) in [6, 6.07) is 15.3. The summed E-state index contributed by atoms with van der Waals surface area (Å²) in [6.07, 6.45) is 5.31. The van der Waals surface area contributed by atoms with E-state index in [1.807, 2.05) is 25.1 Å². The Hall–Kier alpha value is -1.96. The first kappa shape index (κ1) is 21.7. The van der Waals surface area contributed by atoms with Gasteiger partial charge >= 0.3 is 0 Å². The van der Waals surface area contributed by atoms with Gasteiger partial charge in [0.15, 0.2) is 0 Å². The fourth-order valence-electron chi connectivity index (χ4n) is 3.93. The minimum absolute atomic E-state index is 0. The molecule has 1 aromatic carbocycles. The smallest absolute Gasteiger partial charge is 0.126 e. The molecule has 1 N–H and O–H groups in total. The van der Waals surface area contributed by atoms with E-state index in [4.69, 9.17) is 9.17 Å². The van der Waals surface area contributed by atoms with Gasteiger partial charge in [-0.05, 0) is 76.3 Å². The molecule has 3 rings (SSSR count). The number of azo groups is 1. The first-order valence-electron chi connectivity index (χ1n) is 10.2. The fourth-order valence-corrected chi connectivity index (χ4v) is 4.08. The van der Waals surface area contributed by atoms with Crippen LogP contribution in [0.4, 0.5) is 11.5 Å². The third kappa shape index (κ3) is 6.01.